The molecule has 116 valence electrons. The van der Waals surface area contributed by atoms with Crippen LogP contribution in [0, 0.1) is 5.92 Å². The van der Waals surface area contributed by atoms with Gasteiger partial charge in [-0.2, -0.15) is 0 Å². The molecule has 0 radical (unpaired) electrons. The lowest BCUT2D eigenvalue weighted by Crippen LogP contribution is -2.54. The quantitative estimate of drug-likeness (QED) is 0.846. The Kier molecular flexibility index (Phi) is 4.62. The van der Waals surface area contributed by atoms with Crippen molar-refractivity contribution in [3.8, 4) is 0 Å². The molecule has 1 N–H and O–H groups in total. The number of nitrogens with one attached hydrogen (secondary N) is 1. The fourth-order valence-electron chi connectivity index (χ4n) is 3.29. The summed E-state index contributed by atoms with van der Waals surface area (Å²) in [5.74, 6) is 0.881. The Morgan fingerprint density at radius 2 is 1.80 bits per heavy atom. The maximum atomic E-state index is 12.1. The average molecular weight is 282 g/mol. The molecule has 2 aliphatic rings. The van der Waals surface area contributed by atoms with Crippen molar-refractivity contribution in [1.82, 2.24) is 10.2 Å². The van der Waals surface area contributed by atoms with E-state index in [2.05, 4.69) is 19.2 Å². The molecular weight excluding hydrogens is 252 g/mol. The first-order valence-electron chi connectivity index (χ1n) is 8.00. The van der Waals surface area contributed by atoms with Crippen LogP contribution in [0.2, 0.25) is 0 Å². The smallest absolute Gasteiger partial charge is 0.410 e. The van der Waals surface area contributed by atoms with Crippen LogP contribution in [0.5, 0.6) is 0 Å². The summed E-state index contributed by atoms with van der Waals surface area (Å²) >= 11 is 0. The number of hydrogen-bond donors (Lipinski definition) is 1. The van der Waals surface area contributed by atoms with Gasteiger partial charge in [0.15, 0.2) is 0 Å². The number of carbonyl (C=O) groups excluding carboxylic acids is 1. The van der Waals surface area contributed by atoms with Crippen LogP contribution in [0.15, 0.2) is 0 Å². The molecule has 2 unspecified atom stereocenters. The molecule has 4 nitrogen and oxygen atoms in total. The number of nitrogens with zero attached hydrogens (tertiary/aromatic N) is 1. The van der Waals surface area contributed by atoms with E-state index in [-0.39, 0.29) is 12.1 Å². The van der Waals surface area contributed by atoms with Crippen LogP contribution in [-0.2, 0) is 4.74 Å². The van der Waals surface area contributed by atoms with Crippen molar-refractivity contribution >= 4 is 6.09 Å². The fraction of sp³-hybridized carbons (Fsp3) is 0.938. The van der Waals surface area contributed by atoms with Gasteiger partial charge in [-0.1, -0.05) is 6.92 Å². The first kappa shape index (κ1) is 15.6. The number of amides is 1. The molecule has 1 amide bonds. The van der Waals surface area contributed by atoms with Crippen molar-refractivity contribution in [3.05, 3.63) is 0 Å². The van der Waals surface area contributed by atoms with E-state index >= 15 is 0 Å². The Hall–Kier alpha value is -0.770. The Balaban J connectivity index is 1.78. The normalized spacial score (nSPS) is 34.5. The van der Waals surface area contributed by atoms with Gasteiger partial charge in [0, 0.05) is 24.7 Å². The van der Waals surface area contributed by atoms with Crippen LogP contribution >= 0.6 is 0 Å². The number of rotatable bonds is 2. The molecule has 0 bridgehead atoms. The van der Waals surface area contributed by atoms with Gasteiger partial charge in [0.05, 0.1) is 0 Å². The summed E-state index contributed by atoms with van der Waals surface area (Å²) in [6.07, 6.45) is 4.51. The van der Waals surface area contributed by atoms with Crippen molar-refractivity contribution in [1.29, 1.82) is 0 Å². The molecule has 4 heteroatoms. The summed E-state index contributed by atoms with van der Waals surface area (Å²) in [6, 6.07) is 1.52. The second-order valence-corrected chi connectivity index (χ2v) is 7.68. The monoisotopic (exact) mass is 282 g/mol. The van der Waals surface area contributed by atoms with Gasteiger partial charge < -0.3 is 15.0 Å². The third-order valence-electron chi connectivity index (χ3n) is 4.35. The minimum atomic E-state index is -0.409. The Labute approximate surface area is 123 Å². The van der Waals surface area contributed by atoms with E-state index < -0.39 is 5.60 Å². The molecule has 1 heterocycles. The minimum absolute atomic E-state index is 0.166. The SMILES string of the molecule is CC1CC(NC2CCN(C(=O)OC(C)(C)C)C(C)C2)C1. The summed E-state index contributed by atoms with van der Waals surface area (Å²) in [6.45, 7) is 11.0. The molecule has 0 spiro atoms. The molecule has 2 rings (SSSR count). The molecule has 1 saturated heterocycles. The minimum Gasteiger partial charge on any atom is -0.444 e. The Bertz CT molecular complexity index is 345. The molecule has 2 atom stereocenters. The van der Waals surface area contributed by atoms with Gasteiger partial charge in [0.2, 0.25) is 0 Å². The molecule has 1 saturated carbocycles. The van der Waals surface area contributed by atoms with Crippen LogP contribution < -0.4 is 5.32 Å². The zero-order valence-electron chi connectivity index (χ0n) is 13.6. The Morgan fingerprint density at radius 3 is 2.30 bits per heavy atom. The van der Waals surface area contributed by atoms with Crippen LogP contribution in [0.25, 0.3) is 0 Å². The zero-order valence-corrected chi connectivity index (χ0v) is 13.6. The summed E-state index contributed by atoms with van der Waals surface area (Å²) in [5, 5.41) is 3.75. The predicted octanol–water partition coefficient (Wildman–Crippen LogP) is 3.16. The lowest BCUT2D eigenvalue weighted by molar-refractivity contribution is 0.00824. The number of ether oxygens (including phenoxy) is 1. The van der Waals surface area contributed by atoms with E-state index in [1.54, 1.807) is 0 Å². The van der Waals surface area contributed by atoms with Gasteiger partial charge in [0.25, 0.3) is 0 Å². The first-order chi connectivity index (χ1) is 9.24. The highest BCUT2D eigenvalue weighted by atomic mass is 16.6. The number of likely N-dealkylation sites (tertiary alicyclic amines) is 1. The standard InChI is InChI=1S/C16H30N2O2/c1-11-8-14(9-11)17-13-6-7-18(12(2)10-13)15(19)20-16(3,4)5/h11-14,17H,6-10H2,1-5H3. The molecule has 0 aromatic heterocycles. The summed E-state index contributed by atoms with van der Waals surface area (Å²) in [7, 11) is 0. The molecule has 0 aromatic carbocycles. The molecular formula is C16H30N2O2. The maximum Gasteiger partial charge on any atom is 0.410 e. The van der Waals surface area contributed by atoms with E-state index in [1.807, 2.05) is 25.7 Å². The molecule has 1 aliphatic heterocycles. The van der Waals surface area contributed by atoms with Crippen molar-refractivity contribution in [2.24, 2.45) is 5.92 Å². The van der Waals surface area contributed by atoms with Gasteiger partial charge in [0.1, 0.15) is 5.60 Å². The van der Waals surface area contributed by atoms with Crippen molar-refractivity contribution in [3.63, 3.8) is 0 Å². The van der Waals surface area contributed by atoms with E-state index in [1.165, 1.54) is 12.8 Å². The van der Waals surface area contributed by atoms with Crippen LogP contribution in [-0.4, -0.2) is 41.3 Å². The lowest BCUT2D eigenvalue weighted by atomic mass is 9.81. The van der Waals surface area contributed by atoms with Crippen LogP contribution in [0.4, 0.5) is 4.79 Å². The largest absolute Gasteiger partial charge is 0.444 e. The highest BCUT2D eigenvalue weighted by Crippen LogP contribution is 2.28. The van der Waals surface area contributed by atoms with E-state index in [0.29, 0.717) is 12.1 Å². The van der Waals surface area contributed by atoms with Crippen molar-refractivity contribution in [2.45, 2.75) is 84.0 Å². The zero-order chi connectivity index (χ0) is 14.9. The predicted molar refractivity (Wildman–Crippen MR) is 80.7 cm³/mol. The molecule has 2 fully saturated rings. The van der Waals surface area contributed by atoms with Crippen LogP contribution in [0.3, 0.4) is 0 Å². The topological polar surface area (TPSA) is 41.6 Å². The van der Waals surface area contributed by atoms with Crippen molar-refractivity contribution in [2.75, 3.05) is 6.54 Å². The Morgan fingerprint density at radius 1 is 1.15 bits per heavy atom. The average Bonchev–Trinajstić information content (AvgIpc) is 2.24. The van der Waals surface area contributed by atoms with E-state index in [0.717, 1.165) is 25.3 Å². The summed E-state index contributed by atoms with van der Waals surface area (Å²) in [4.78, 5) is 14.0. The third-order valence-corrected chi connectivity index (χ3v) is 4.35. The highest BCUT2D eigenvalue weighted by molar-refractivity contribution is 5.68. The molecule has 0 aromatic rings. The van der Waals surface area contributed by atoms with Gasteiger partial charge in [-0.05, 0) is 59.3 Å². The third kappa shape index (κ3) is 4.11. The molecule has 1 aliphatic carbocycles. The molecule has 20 heavy (non-hydrogen) atoms. The second kappa shape index (κ2) is 5.92. The number of piperidine rings is 1. The van der Waals surface area contributed by atoms with E-state index in [9.17, 15) is 4.79 Å². The maximum absolute atomic E-state index is 12.1. The number of hydrogen-bond acceptors (Lipinski definition) is 3. The van der Waals surface area contributed by atoms with Crippen LogP contribution in [0.1, 0.15) is 60.3 Å². The lowest BCUT2D eigenvalue weighted by Gasteiger charge is -2.42. The van der Waals surface area contributed by atoms with Gasteiger partial charge in [-0.15, -0.1) is 0 Å². The first-order valence-corrected chi connectivity index (χ1v) is 8.00. The second-order valence-electron chi connectivity index (χ2n) is 7.68. The number of carbonyl (C=O) groups is 1. The van der Waals surface area contributed by atoms with Crippen molar-refractivity contribution < 1.29 is 9.53 Å². The fourth-order valence-corrected chi connectivity index (χ4v) is 3.29. The van der Waals surface area contributed by atoms with E-state index in [4.69, 9.17) is 4.74 Å². The summed E-state index contributed by atoms with van der Waals surface area (Å²) in [5.41, 5.74) is -0.409. The summed E-state index contributed by atoms with van der Waals surface area (Å²) < 4.78 is 5.48. The highest BCUT2D eigenvalue weighted by Gasteiger charge is 2.34. The van der Waals surface area contributed by atoms with Gasteiger partial charge in [-0.25, -0.2) is 4.79 Å². The van der Waals surface area contributed by atoms with Gasteiger partial charge >= 0.3 is 6.09 Å². The van der Waals surface area contributed by atoms with Gasteiger partial charge in [-0.3, -0.25) is 0 Å².